The third-order valence-electron chi connectivity index (χ3n) is 3.66. The van der Waals surface area contributed by atoms with E-state index < -0.39 is 0 Å². The van der Waals surface area contributed by atoms with E-state index >= 15 is 0 Å². The fraction of sp³-hybridized carbons (Fsp3) is 0.571. The first-order chi connectivity index (χ1) is 7.80. The van der Waals surface area contributed by atoms with Crippen LogP contribution in [0, 0.1) is 12.7 Å². The smallest absolute Gasteiger partial charge is 0.126 e. The van der Waals surface area contributed by atoms with Crippen LogP contribution in [0.3, 0.4) is 0 Å². The summed E-state index contributed by atoms with van der Waals surface area (Å²) in [4.78, 5) is 2.17. The van der Waals surface area contributed by atoms with Gasteiger partial charge in [-0.3, -0.25) is 0 Å². The Labute approximate surface area is 104 Å². The van der Waals surface area contributed by atoms with E-state index in [1.807, 2.05) is 19.2 Å². The summed E-state index contributed by atoms with van der Waals surface area (Å²) >= 11 is 0. The van der Waals surface area contributed by atoms with Crippen LogP contribution in [0.15, 0.2) is 18.2 Å². The van der Waals surface area contributed by atoms with Crippen molar-refractivity contribution >= 4 is 0 Å². The van der Waals surface area contributed by atoms with Crippen LogP contribution >= 0.6 is 0 Å². The first-order valence-corrected chi connectivity index (χ1v) is 5.91. The van der Waals surface area contributed by atoms with Gasteiger partial charge in [0.2, 0.25) is 0 Å². The van der Waals surface area contributed by atoms with Gasteiger partial charge in [0.1, 0.15) is 5.82 Å². The number of hydrogen-bond acceptors (Lipinski definition) is 2. The van der Waals surface area contributed by atoms with Crippen LogP contribution in [-0.2, 0) is 0 Å². The molecule has 1 unspecified atom stereocenters. The van der Waals surface area contributed by atoms with E-state index in [4.69, 9.17) is 0 Å². The molecule has 1 rings (SSSR count). The summed E-state index contributed by atoms with van der Waals surface area (Å²) in [5, 5.41) is 3.32. The molecule has 0 aliphatic rings. The lowest BCUT2D eigenvalue weighted by atomic mass is 9.87. The van der Waals surface area contributed by atoms with Gasteiger partial charge in [-0.25, -0.2) is 4.39 Å². The van der Waals surface area contributed by atoms with Crippen LogP contribution in [0.4, 0.5) is 4.39 Å². The molecule has 0 aliphatic carbocycles. The molecule has 0 bridgehead atoms. The molecule has 0 aromatic heterocycles. The number of aryl methyl sites for hydroxylation is 1. The zero-order chi connectivity index (χ0) is 13.2. The molecule has 96 valence electrons. The van der Waals surface area contributed by atoms with Gasteiger partial charge < -0.3 is 10.2 Å². The van der Waals surface area contributed by atoms with Crippen molar-refractivity contribution in [1.29, 1.82) is 0 Å². The zero-order valence-corrected chi connectivity index (χ0v) is 11.6. The van der Waals surface area contributed by atoms with Crippen molar-refractivity contribution in [2.24, 2.45) is 0 Å². The Bertz CT molecular complexity index is 386. The van der Waals surface area contributed by atoms with Crippen molar-refractivity contribution in [1.82, 2.24) is 10.2 Å². The number of hydrogen-bond donors (Lipinski definition) is 1. The SMILES string of the molecule is CNC(c1ccc(F)c(C)c1)C(C)(C)N(C)C. The molecular weight excluding hydrogens is 215 g/mol. The second kappa shape index (κ2) is 5.15. The number of nitrogens with zero attached hydrogens (tertiary/aromatic N) is 1. The topological polar surface area (TPSA) is 15.3 Å². The quantitative estimate of drug-likeness (QED) is 0.867. The van der Waals surface area contributed by atoms with Crippen molar-refractivity contribution in [3.63, 3.8) is 0 Å². The van der Waals surface area contributed by atoms with Gasteiger partial charge >= 0.3 is 0 Å². The van der Waals surface area contributed by atoms with E-state index in [1.54, 1.807) is 13.0 Å². The largest absolute Gasteiger partial charge is 0.311 e. The van der Waals surface area contributed by atoms with Gasteiger partial charge in [0.05, 0.1) is 0 Å². The minimum Gasteiger partial charge on any atom is -0.311 e. The van der Waals surface area contributed by atoms with E-state index in [9.17, 15) is 4.39 Å². The monoisotopic (exact) mass is 238 g/mol. The molecule has 1 aromatic carbocycles. The molecule has 0 aliphatic heterocycles. The molecule has 0 radical (unpaired) electrons. The van der Waals surface area contributed by atoms with Gasteiger partial charge in [-0.15, -0.1) is 0 Å². The maximum atomic E-state index is 13.3. The summed E-state index contributed by atoms with van der Waals surface area (Å²) in [6, 6.07) is 5.48. The van der Waals surface area contributed by atoms with E-state index in [0.29, 0.717) is 5.56 Å². The predicted molar refractivity (Wildman–Crippen MR) is 70.7 cm³/mol. The Morgan fingerprint density at radius 2 is 1.88 bits per heavy atom. The minimum atomic E-state index is -0.147. The van der Waals surface area contributed by atoms with E-state index in [1.165, 1.54) is 0 Å². The van der Waals surface area contributed by atoms with Gasteiger partial charge in [0.25, 0.3) is 0 Å². The lowest BCUT2D eigenvalue weighted by Crippen LogP contribution is -2.48. The molecule has 1 aromatic rings. The highest BCUT2D eigenvalue weighted by molar-refractivity contribution is 5.28. The van der Waals surface area contributed by atoms with Crippen molar-refractivity contribution in [3.8, 4) is 0 Å². The number of rotatable bonds is 4. The number of halogens is 1. The standard InChI is InChI=1S/C14H23FN2/c1-10-9-11(7-8-12(10)15)13(16-4)14(2,3)17(5)6/h7-9,13,16H,1-6H3. The third kappa shape index (κ3) is 2.85. The predicted octanol–water partition coefficient (Wildman–Crippen LogP) is 2.73. The summed E-state index contributed by atoms with van der Waals surface area (Å²) < 4.78 is 13.3. The lowest BCUT2D eigenvalue weighted by Gasteiger charge is -2.40. The van der Waals surface area contributed by atoms with Crippen LogP contribution in [0.25, 0.3) is 0 Å². The lowest BCUT2D eigenvalue weighted by molar-refractivity contribution is 0.142. The molecule has 2 nitrogen and oxygen atoms in total. The van der Waals surface area contributed by atoms with Gasteiger partial charge in [-0.2, -0.15) is 0 Å². The Kier molecular flexibility index (Phi) is 4.28. The van der Waals surface area contributed by atoms with Crippen LogP contribution in [0.1, 0.15) is 31.0 Å². The fourth-order valence-electron chi connectivity index (χ4n) is 2.03. The average molecular weight is 238 g/mol. The Hall–Kier alpha value is -0.930. The maximum absolute atomic E-state index is 13.3. The molecule has 0 fully saturated rings. The molecular formula is C14H23FN2. The highest BCUT2D eigenvalue weighted by atomic mass is 19.1. The Balaban J connectivity index is 3.14. The number of nitrogens with one attached hydrogen (secondary N) is 1. The zero-order valence-electron chi connectivity index (χ0n) is 11.6. The Morgan fingerprint density at radius 3 is 2.29 bits per heavy atom. The Morgan fingerprint density at radius 1 is 1.29 bits per heavy atom. The van der Waals surface area contributed by atoms with Crippen molar-refractivity contribution in [2.75, 3.05) is 21.1 Å². The fourth-order valence-corrected chi connectivity index (χ4v) is 2.03. The molecule has 0 saturated carbocycles. The average Bonchev–Trinajstić information content (AvgIpc) is 2.23. The molecule has 0 saturated heterocycles. The molecule has 0 amide bonds. The first kappa shape index (κ1) is 14.1. The molecule has 0 heterocycles. The summed E-state index contributed by atoms with van der Waals surface area (Å²) in [6.07, 6.45) is 0. The number of likely N-dealkylation sites (N-methyl/N-ethyl adjacent to an activating group) is 2. The third-order valence-corrected chi connectivity index (χ3v) is 3.66. The summed E-state index contributed by atoms with van der Waals surface area (Å²) in [5.74, 6) is -0.147. The van der Waals surface area contributed by atoms with Crippen LogP contribution < -0.4 is 5.32 Å². The maximum Gasteiger partial charge on any atom is 0.126 e. The highest BCUT2D eigenvalue weighted by Crippen LogP contribution is 2.29. The van der Waals surface area contributed by atoms with Gasteiger partial charge in [-0.1, -0.05) is 12.1 Å². The van der Waals surface area contributed by atoms with Crippen molar-refractivity contribution < 1.29 is 4.39 Å². The van der Waals surface area contributed by atoms with Crippen molar-refractivity contribution in [2.45, 2.75) is 32.4 Å². The number of benzene rings is 1. The van der Waals surface area contributed by atoms with E-state index in [-0.39, 0.29) is 17.4 Å². The van der Waals surface area contributed by atoms with Crippen LogP contribution in [0.5, 0.6) is 0 Å². The molecule has 17 heavy (non-hydrogen) atoms. The molecule has 1 atom stereocenters. The summed E-state index contributed by atoms with van der Waals surface area (Å²) in [7, 11) is 6.05. The van der Waals surface area contributed by atoms with E-state index in [2.05, 4.69) is 38.2 Å². The van der Waals surface area contributed by atoms with Crippen LogP contribution in [-0.4, -0.2) is 31.6 Å². The first-order valence-electron chi connectivity index (χ1n) is 5.91. The molecule has 1 N–H and O–H groups in total. The van der Waals surface area contributed by atoms with Crippen molar-refractivity contribution in [3.05, 3.63) is 35.1 Å². The molecule has 3 heteroatoms. The van der Waals surface area contributed by atoms with Gasteiger partial charge in [-0.05, 0) is 59.1 Å². The summed E-state index contributed by atoms with van der Waals surface area (Å²) in [6.45, 7) is 6.15. The highest BCUT2D eigenvalue weighted by Gasteiger charge is 2.31. The normalized spacial score (nSPS) is 14.1. The van der Waals surface area contributed by atoms with Gasteiger partial charge in [0.15, 0.2) is 0 Å². The molecule has 0 spiro atoms. The van der Waals surface area contributed by atoms with Gasteiger partial charge in [0, 0.05) is 11.6 Å². The van der Waals surface area contributed by atoms with E-state index in [0.717, 1.165) is 5.56 Å². The van der Waals surface area contributed by atoms with Crippen LogP contribution in [0.2, 0.25) is 0 Å². The second-order valence-corrected chi connectivity index (χ2v) is 5.28. The minimum absolute atomic E-state index is 0.0426. The second-order valence-electron chi connectivity index (χ2n) is 5.28. The summed E-state index contributed by atoms with van der Waals surface area (Å²) in [5.41, 5.74) is 1.77.